The van der Waals surface area contributed by atoms with E-state index in [1.165, 1.54) is 4.90 Å². The Labute approximate surface area is 90.3 Å². The van der Waals surface area contributed by atoms with Gasteiger partial charge in [0, 0.05) is 0 Å². The van der Waals surface area contributed by atoms with Crippen LogP contribution >= 0.6 is 23.1 Å². The van der Waals surface area contributed by atoms with E-state index in [1.807, 2.05) is 5.38 Å². The van der Waals surface area contributed by atoms with Gasteiger partial charge in [0.15, 0.2) is 0 Å². The van der Waals surface area contributed by atoms with Gasteiger partial charge in [-0.25, -0.2) is 0 Å². The minimum atomic E-state index is 0. The molecule has 0 aliphatic rings. The van der Waals surface area contributed by atoms with Crippen molar-refractivity contribution in [2.75, 3.05) is 6.26 Å². The first-order valence-electron chi connectivity index (χ1n) is 1.92. The third-order valence-corrected chi connectivity index (χ3v) is 2.08. The molecule has 0 aliphatic carbocycles. The molecule has 0 nitrogen and oxygen atoms in total. The molecule has 0 aliphatic heterocycles. The van der Waals surface area contributed by atoms with Gasteiger partial charge in [-0.15, -0.1) is 10.3 Å². The van der Waals surface area contributed by atoms with E-state index in [9.17, 15) is 0 Å². The fourth-order valence-electron chi connectivity index (χ4n) is 0.332. The van der Waals surface area contributed by atoms with Gasteiger partial charge in [-0.2, -0.15) is 23.2 Å². The number of hydrogen-bond donors (Lipinski definition) is 0. The molecule has 0 atom stereocenters. The molecule has 0 saturated heterocycles. The first-order chi connectivity index (χ1) is 3.43. The zero-order chi connectivity index (χ0) is 5.11. The van der Waals surface area contributed by atoms with Crippen LogP contribution in [0.15, 0.2) is 16.3 Å². The average Bonchev–Trinajstić information content (AvgIpc) is 2.14. The summed E-state index contributed by atoms with van der Waals surface area (Å²) in [4.78, 5) is 1.24. The molecule has 0 fully saturated rings. The van der Waals surface area contributed by atoms with Crippen LogP contribution in [0.4, 0.5) is 0 Å². The molecule has 0 aromatic carbocycles. The monoisotopic (exact) mass is 232 g/mol. The van der Waals surface area contributed by atoms with E-state index in [1.54, 1.807) is 23.1 Å². The molecule has 1 heterocycles. The van der Waals surface area contributed by atoms with Crippen LogP contribution in [0, 0.1) is 5.38 Å². The summed E-state index contributed by atoms with van der Waals surface area (Å²) in [7, 11) is 0. The van der Waals surface area contributed by atoms with Crippen LogP contribution in [0.1, 0.15) is 0 Å². The van der Waals surface area contributed by atoms with E-state index >= 15 is 0 Å². The summed E-state index contributed by atoms with van der Waals surface area (Å²) in [6, 6.07) is 2.06. The van der Waals surface area contributed by atoms with Crippen molar-refractivity contribution >= 4 is 46.2 Å². The maximum Gasteiger partial charge on any atom is 2.00 e. The second-order valence-electron chi connectivity index (χ2n) is 1.09. The average molecular weight is 233 g/mol. The van der Waals surface area contributed by atoms with Crippen molar-refractivity contribution in [1.82, 2.24) is 0 Å². The molecule has 0 amide bonds. The normalized spacial score (nSPS) is 7.22. The topological polar surface area (TPSA) is 0 Å². The molecule has 0 radical (unpaired) electrons. The Balaban J connectivity index is 0. The van der Waals surface area contributed by atoms with Gasteiger partial charge in [0.2, 0.25) is 0 Å². The molecule has 0 N–H and O–H groups in total. The third kappa shape index (κ3) is 4.67. The first-order valence-corrected chi connectivity index (χ1v) is 4.03. The number of halogens is 1. The summed E-state index contributed by atoms with van der Waals surface area (Å²) in [5.41, 5.74) is 0. The predicted octanol–water partition coefficient (Wildman–Crippen LogP) is -1.11. The van der Waals surface area contributed by atoms with Crippen molar-refractivity contribution in [1.29, 1.82) is 0 Å². The van der Waals surface area contributed by atoms with Gasteiger partial charge in [0.25, 0.3) is 0 Å². The number of thioether (sulfide) groups is 1. The Morgan fingerprint density at radius 1 is 1.67 bits per heavy atom. The maximum absolute atomic E-state index is 3.09. The fraction of sp³-hybridized carbons (Fsp3) is 0.200. The second-order valence-corrected chi connectivity index (χ2v) is 2.65. The Bertz CT molecular complexity index is 130. The zero-order valence-electron chi connectivity index (χ0n) is 5.06. The molecule has 1 aromatic rings. The van der Waals surface area contributed by atoms with Gasteiger partial charge in [0.05, 0.1) is 0 Å². The maximum atomic E-state index is 3.09. The quantitative estimate of drug-likeness (QED) is 0.337. The standard InChI is InChI=1S/C5H5S2.BrH.Mg/c1-6-5-2-3-7-4-5;;/h2-3H,1H3;1H;/q-1;;+2/p-1. The Kier molecular flexibility index (Phi) is 10.6. The van der Waals surface area contributed by atoms with Crippen molar-refractivity contribution in [2.45, 2.75) is 4.90 Å². The second kappa shape index (κ2) is 7.40. The zero-order valence-corrected chi connectivity index (χ0v) is 9.69. The van der Waals surface area contributed by atoms with Crippen molar-refractivity contribution < 1.29 is 17.0 Å². The largest absolute Gasteiger partial charge is 2.00 e. The van der Waals surface area contributed by atoms with Crippen LogP contribution in [-0.2, 0) is 0 Å². The molecule has 0 bridgehead atoms. The van der Waals surface area contributed by atoms with Gasteiger partial charge in [-0.3, -0.25) is 0 Å². The van der Waals surface area contributed by atoms with Crippen LogP contribution in [-0.4, -0.2) is 29.3 Å². The number of rotatable bonds is 1. The van der Waals surface area contributed by atoms with E-state index in [4.69, 9.17) is 0 Å². The van der Waals surface area contributed by atoms with E-state index < -0.39 is 0 Å². The molecule has 1 rings (SSSR count). The van der Waals surface area contributed by atoms with E-state index in [-0.39, 0.29) is 40.0 Å². The summed E-state index contributed by atoms with van der Waals surface area (Å²) in [5, 5.41) is 5.12. The van der Waals surface area contributed by atoms with Crippen LogP contribution in [0.3, 0.4) is 0 Å². The van der Waals surface area contributed by atoms with Crippen molar-refractivity contribution in [3.05, 3.63) is 16.8 Å². The van der Waals surface area contributed by atoms with Crippen molar-refractivity contribution in [3.8, 4) is 0 Å². The predicted molar refractivity (Wildman–Crippen MR) is 40.7 cm³/mol. The minimum Gasteiger partial charge on any atom is -1.00 e. The van der Waals surface area contributed by atoms with Crippen molar-refractivity contribution in [2.24, 2.45) is 0 Å². The smallest absolute Gasteiger partial charge is 1.00 e. The molecule has 46 valence electrons. The summed E-state index contributed by atoms with van der Waals surface area (Å²) in [6.45, 7) is 0. The van der Waals surface area contributed by atoms with E-state index in [0.29, 0.717) is 0 Å². The molecule has 1 aromatic heterocycles. The molecule has 4 heteroatoms. The minimum absolute atomic E-state index is 0. The Morgan fingerprint density at radius 3 is 2.56 bits per heavy atom. The van der Waals surface area contributed by atoms with Gasteiger partial charge in [0.1, 0.15) is 0 Å². The molecule has 9 heavy (non-hydrogen) atoms. The van der Waals surface area contributed by atoms with Crippen LogP contribution in [0.2, 0.25) is 0 Å². The molecule has 0 spiro atoms. The summed E-state index contributed by atoms with van der Waals surface area (Å²) in [5.74, 6) is 0. The Hall–Kier alpha value is 1.30. The molecular weight excluding hydrogens is 228 g/mol. The third-order valence-electron chi connectivity index (χ3n) is 0.667. The molecular formula is C5H5BrMgS2. The van der Waals surface area contributed by atoms with E-state index in [2.05, 4.69) is 17.7 Å². The van der Waals surface area contributed by atoms with Crippen LogP contribution in [0.25, 0.3) is 0 Å². The van der Waals surface area contributed by atoms with Crippen LogP contribution < -0.4 is 17.0 Å². The summed E-state index contributed by atoms with van der Waals surface area (Å²) < 4.78 is 0. The van der Waals surface area contributed by atoms with Crippen LogP contribution in [0.5, 0.6) is 0 Å². The summed E-state index contributed by atoms with van der Waals surface area (Å²) >= 11 is 3.35. The van der Waals surface area contributed by atoms with Gasteiger partial charge in [-0.1, -0.05) is 0 Å². The van der Waals surface area contributed by atoms with E-state index in [0.717, 1.165) is 0 Å². The van der Waals surface area contributed by atoms with Gasteiger partial charge in [-0.05, 0) is 6.26 Å². The summed E-state index contributed by atoms with van der Waals surface area (Å²) in [6.07, 6.45) is 2.05. The fourth-order valence-corrected chi connectivity index (χ4v) is 1.56. The molecule has 0 unspecified atom stereocenters. The molecule has 0 saturated carbocycles. The number of thiophene rings is 1. The number of hydrogen-bond acceptors (Lipinski definition) is 2. The Morgan fingerprint density at radius 2 is 2.33 bits per heavy atom. The van der Waals surface area contributed by atoms with Gasteiger partial charge >= 0.3 is 23.1 Å². The SMILES string of the molecule is CSc1[c-]scc1.[Br-].[Mg+2]. The van der Waals surface area contributed by atoms with Crippen molar-refractivity contribution in [3.63, 3.8) is 0 Å². The van der Waals surface area contributed by atoms with Gasteiger partial charge < -0.3 is 28.3 Å². The first kappa shape index (κ1) is 12.9.